The standard InChI is InChI=1S/C24H33FN2O4S/c1-6-26(7-2)22-13-10-20(23(15-22)31-32(5,29)30)17-27(24(28)14-18(3)4)16-19-8-11-21(25)12-9-19/h8-13,15,18H,6-7,14,16-17H2,1-5H3. The maximum Gasteiger partial charge on any atom is 0.306 e. The van der Waals surface area contributed by atoms with Crippen LogP contribution in [0.25, 0.3) is 0 Å². The zero-order valence-electron chi connectivity index (χ0n) is 19.5. The summed E-state index contributed by atoms with van der Waals surface area (Å²) in [5, 5.41) is 0. The van der Waals surface area contributed by atoms with Gasteiger partial charge in [0.15, 0.2) is 0 Å². The molecule has 2 rings (SSSR count). The second-order valence-corrected chi connectivity index (χ2v) is 9.80. The molecule has 1 amide bonds. The van der Waals surface area contributed by atoms with E-state index >= 15 is 0 Å². The molecular weight excluding hydrogens is 431 g/mol. The number of carbonyl (C=O) groups excluding carboxylic acids is 1. The molecule has 0 unspecified atom stereocenters. The number of hydrogen-bond donors (Lipinski definition) is 0. The molecule has 0 heterocycles. The summed E-state index contributed by atoms with van der Waals surface area (Å²) < 4.78 is 42.4. The molecule has 0 saturated carbocycles. The molecule has 6 nitrogen and oxygen atoms in total. The van der Waals surface area contributed by atoms with Crippen LogP contribution in [-0.2, 0) is 28.0 Å². The first-order valence-corrected chi connectivity index (χ1v) is 12.6. The first-order valence-electron chi connectivity index (χ1n) is 10.8. The summed E-state index contributed by atoms with van der Waals surface area (Å²) in [6.07, 6.45) is 1.35. The van der Waals surface area contributed by atoms with Crippen LogP contribution < -0.4 is 9.08 Å². The second-order valence-electron chi connectivity index (χ2n) is 8.23. The summed E-state index contributed by atoms with van der Waals surface area (Å²) in [4.78, 5) is 16.7. The van der Waals surface area contributed by atoms with E-state index in [9.17, 15) is 17.6 Å². The fourth-order valence-electron chi connectivity index (χ4n) is 3.43. The average Bonchev–Trinajstić information content (AvgIpc) is 2.70. The molecule has 0 atom stereocenters. The Hall–Kier alpha value is -2.61. The van der Waals surface area contributed by atoms with Crippen molar-refractivity contribution in [1.29, 1.82) is 0 Å². The van der Waals surface area contributed by atoms with Crippen molar-refractivity contribution in [2.45, 2.75) is 47.2 Å². The highest BCUT2D eigenvalue weighted by Crippen LogP contribution is 2.29. The summed E-state index contributed by atoms with van der Waals surface area (Å²) >= 11 is 0. The van der Waals surface area contributed by atoms with Crippen LogP contribution in [0, 0.1) is 11.7 Å². The average molecular weight is 465 g/mol. The van der Waals surface area contributed by atoms with E-state index in [1.165, 1.54) is 12.1 Å². The molecule has 0 bridgehead atoms. The van der Waals surface area contributed by atoms with Crippen molar-refractivity contribution < 1.29 is 21.8 Å². The third-order valence-corrected chi connectivity index (χ3v) is 5.49. The third-order valence-electron chi connectivity index (χ3n) is 5.00. The van der Waals surface area contributed by atoms with Gasteiger partial charge in [-0.05, 0) is 43.5 Å². The lowest BCUT2D eigenvalue weighted by atomic mass is 10.1. The van der Waals surface area contributed by atoms with E-state index in [-0.39, 0.29) is 36.5 Å². The number of halogens is 1. The maximum absolute atomic E-state index is 13.3. The van der Waals surface area contributed by atoms with Crippen LogP contribution in [0.2, 0.25) is 0 Å². The van der Waals surface area contributed by atoms with Gasteiger partial charge in [0.25, 0.3) is 0 Å². The van der Waals surface area contributed by atoms with E-state index in [1.807, 2.05) is 33.8 Å². The van der Waals surface area contributed by atoms with E-state index in [2.05, 4.69) is 4.90 Å². The summed E-state index contributed by atoms with van der Waals surface area (Å²) in [5.74, 6) is -0.0413. The first kappa shape index (κ1) is 25.6. The number of amides is 1. The lowest BCUT2D eigenvalue weighted by molar-refractivity contribution is -0.133. The minimum atomic E-state index is -3.76. The van der Waals surface area contributed by atoms with E-state index in [4.69, 9.17) is 4.18 Å². The summed E-state index contributed by atoms with van der Waals surface area (Å²) in [7, 11) is -3.76. The van der Waals surface area contributed by atoms with Crippen molar-refractivity contribution >= 4 is 21.7 Å². The Morgan fingerprint density at radius 3 is 2.19 bits per heavy atom. The van der Waals surface area contributed by atoms with Gasteiger partial charge in [-0.1, -0.05) is 32.0 Å². The van der Waals surface area contributed by atoms with Gasteiger partial charge >= 0.3 is 10.1 Å². The highest BCUT2D eigenvalue weighted by molar-refractivity contribution is 7.86. The highest BCUT2D eigenvalue weighted by atomic mass is 32.2. The number of rotatable bonds is 11. The number of nitrogens with zero attached hydrogens (tertiary/aromatic N) is 2. The van der Waals surface area contributed by atoms with E-state index < -0.39 is 10.1 Å². The van der Waals surface area contributed by atoms with Gasteiger partial charge in [-0.3, -0.25) is 4.79 Å². The molecule has 2 aromatic carbocycles. The molecule has 176 valence electrons. The minimum absolute atomic E-state index is 0.0672. The van der Waals surface area contributed by atoms with Crippen LogP contribution >= 0.6 is 0 Å². The summed E-state index contributed by atoms with van der Waals surface area (Å²) in [5.41, 5.74) is 2.22. The van der Waals surface area contributed by atoms with Crippen molar-refractivity contribution in [1.82, 2.24) is 4.90 Å². The largest absolute Gasteiger partial charge is 0.382 e. The van der Waals surface area contributed by atoms with Gasteiger partial charge in [0, 0.05) is 49.9 Å². The lowest BCUT2D eigenvalue weighted by Crippen LogP contribution is -2.31. The minimum Gasteiger partial charge on any atom is -0.382 e. The van der Waals surface area contributed by atoms with Crippen LogP contribution in [0.1, 0.15) is 45.2 Å². The number of carbonyl (C=O) groups is 1. The predicted octanol–water partition coefficient (Wildman–Crippen LogP) is 4.59. The Kier molecular flexibility index (Phi) is 9.07. The van der Waals surface area contributed by atoms with Gasteiger partial charge in [0.2, 0.25) is 5.91 Å². The van der Waals surface area contributed by atoms with E-state index in [0.717, 1.165) is 30.6 Å². The highest BCUT2D eigenvalue weighted by Gasteiger charge is 2.20. The van der Waals surface area contributed by atoms with Crippen LogP contribution in [0.4, 0.5) is 10.1 Å². The molecule has 8 heteroatoms. The molecule has 0 saturated heterocycles. The molecule has 0 aliphatic carbocycles. The topological polar surface area (TPSA) is 66.9 Å². The Labute approximate surface area is 191 Å². The van der Waals surface area contributed by atoms with Gasteiger partial charge in [-0.2, -0.15) is 8.42 Å². The van der Waals surface area contributed by atoms with Crippen LogP contribution in [0.3, 0.4) is 0 Å². The second kappa shape index (κ2) is 11.3. The molecule has 0 N–H and O–H groups in total. The molecule has 0 fully saturated rings. The Morgan fingerprint density at radius 2 is 1.66 bits per heavy atom. The summed E-state index contributed by atoms with van der Waals surface area (Å²) in [6, 6.07) is 11.4. The van der Waals surface area contributed by atoms with Crippen molar-refractivity contribution in [3.05, 3.63) is 59.4 Å². The van der Waals surface area contributed by atoms with E-state index in [0.29, 0.717) is 12.0 Å². The van der Waals surface area contributed by atoms with Gasteiger partial charge in [-0.15, -0.1) is 0 Å². The van der Waals surface area contributed by atoms with Crippen LogP contribution in [0.5, 0.6) is 5.75 Å². The fraction of sp³-hybridized carbons (Fsp3) is 0.458. The number of benzene rings is 2. The Morgan fingerprint density at radius 1 is 1.03 bits per heavy atom. The third kappa shape index (κ3) is 7.82. The monoisotopic (exact) mass is 464 g/mol. The zero-order chi connectivity index (χ0) is 23.9. The number of hydrogen-bond acceptors (Lipinski definition) is 5. The van der Waals surface area contributed by atoms with Gasteiger partial charge in [-0.25, -0.2) is 4.39 Å². The van der Waals surface area contributed by atoms with Gasteiger partial charge in [0.05, 0.1) is 6.26 Å². The molecule has 0 aliphatic rings. The number of anilines is 1. The van der Waals surface area contributed by atoms with Crippen LogP contribution in [0.15, 0.2) is 42.5 Å². The molecule has 0 aromatic heterocycles. The first-order chi connectivity index (χ1) is 15.0. The molecule has 0 spiro atoms. The Bertz CT molecular complexity index is 1000. The van der Waals surface area contributed by atoms with Gasteiger partial charge < -0.3 is 14.0 Å². The van der Waals surface area contributed by atoms with E-state index in [1.54, 1.807) is 29.2 Å². The zero-order valence-corrected chi connectivity index (χ0v) is 20.3. The van der Waals surface area contributed by atoms with Crippen molar-refractivity contribution in [2.75, 3.05) is 24.2 Å². The van der Waals surface area contributed by atoms with Crippen molar-refractivity contribution in [3.8, 4) is 5.75 Å². The Balaban J connectivity index is 2.42. The fourth-order valence-corrected chi connectivity index (χ4v) is 3.91. The van der Waals surface area contributed by atoms with Crippen LogP contribution in [-0.4, -0.2) is 38.6 Å². The smallest absolute Gasteiger partial charge is 0.306 e. The lowest BCUT2D eigenvalue weighted by Gasteiger charge is -2.26. The molecule has 2 aromatic rings. The summed E-state index contributed by atoms with van der Waals surface area (Å²) in [6.45, 7) is 9.94. The van der Waals surface area contributed by atoms with Crippen molar-refractivity contribution in [2.24, 2.45) is 5.92 Å². The predicted molar refractivity (Wildman–Crippen MR) is 126 cm³/mol. The maximum atomic E-state index is 13.3. The molecular formula is C24H33FN2O4S. The SMILES string of the molecule is CCN(CC)c1ccc(CN(Cc2ccc(F)cc2)C(=O)CC(C)C)c(OS(C)(=O)=O)c1. The normalized spacial score (nSPS) is 11.5. The quantitative estimate of drug-likeness (QED) is 0.455. The van der Waals surface area contributed by atoms with Crippen molar-refractivity contribution in [3.63, 3.8) is 0 Å². The molecule has 0 radical (unpaired) electrons. The van der Waals surface area contributed by atoms with Gasteiger partial charge in [0.1, 0.15) is 11.6 Å². The molecule has 32 heavy (non-hydrogen) atoms. The molecule has 0 aliphatic heterocycles.